The van der Waals surface area contributed by atoms with E-state index in [1.54, 1.807) is 13.0 Å². The van der Waals surface area contributed by atoms with Crippen molar-refractivity contribution in [1.82, 2.24) is 5.32 Å². The van der Waals surface area contributed by atoms with Gasteiger partial charge >= 0.3 is 6.09 Å². The Kier molecular flexibility index (Phi) is 7.48. The molecule has 0 aliphatic heterocycles. The van der Waals surface area contributed by atoms with Gasteiger partial charge < -0.3 is 14.8 Å². The summed E-state index contributed by atoms with van der Waals surface area (Å²) in [6.07, 6.45) is 0.681. The normalized spacial score (nSPS) is 25.2. The molecule has 0 unspecified atom stereocenters. The molecule has 6 nitrogen and oxygen atoms in total. The van der Waals surface area contributed by atoms with Gasteiger partial charge in [0.1, 0.15) is 11.4 Å². The lowest BCUT2D eigenvalue weighted by atomic mass is 9.65. The number of amides is 1. The first-order valence-corrected chi connectivity index (χ1v) is 14.1. The molecule has 0 saturated heterocycles. The van der Waals surface area contributed by atoms with Gasteiger partial charge in [0.25, 0.3) is 0 Å². The number of nitrogens with one attached hydrogen (secondary N) is 1. The summed E-state index contributed by atoms with van der Waals surface area (Å²) < 4.78 is 20.6. The molecule has 1 fully saturated rings. The zero-order valence-corrected chi connectivity index (χ0v) is 20.3. The zero-order chi connectivity index (χ0) is 22.7. The molecule has 9 heteroatoms. The lowest BCUT2D eigenvalue weighted by Gasteiger charge is -2.46. The van der Waals surface area contributed by atoms with E-state index in [0.29, 0.717) is 32.1 Å². The number of nitriles is 1. The van der Waals surface area contributed by atoms with Crippen molar-refractivity contribution in [3.63, 3.8) is 0 Å². The average molecular weight is 499 g/mol. The lowest BCUT2D eigenvalue weighted by Crippen LogP contribution is -2.53. The maximum absolute atomic E-state index is 14.1. The third-order valence-corrected chi connectivity index (χ3v) is 7.24. The number of ketones is 1. The smallest absolute Gasteiger partial charge is 0.404 e. The van der Waals surface area contributed by atoms with Crippen LogP contribution >= 0.6 is 15.9 Å². The Balaban J connectivity index is 2.34. The summed E-state index contributed by atoms with van der Waals surface area (Å²) in [6.45, 7) is 7.71. The average Bonchev–Trinajstić information content (AvgIpc) is 2.63. The quantitative estimate of drug-likeness (QED) is 0.382. The molecule has 1 aliphatic carbocycles. The summed E-state index contributed by atoms with van der Waals surface area (Å²) in [4.78, 5) is 24.5. The Morgan fingerprint density at radius 2 is 1.93 bits per heavy atom. The van der Waals surface area contributed by atoms with E-state index in [1.807, 2.05) is 19.6 Å². The van der Waals surface area contributed by atoms with Gasteiger partial charge in [0, 0.05) is 11.6 Å². The number of Topliss-reactive ketones (excluding diaryl/α,β-unsaturated/α-hetero) is 1. The molecule has 0 bridgehead atoms. The SMILES string of the molecule is C[C@@H](CC1(C#N)CCC(O[Si](C)(C)C)(C(=O)c2cccc(F)c2Br)CC1)NC(=O)O. The van der Waals surface area contributed by atoms with Crippen LogP contribution in [-0.2, 0) is 4.43 Å². The summed E-state index contributed by atoms with van der Waals surface area (Å²) in [7, 11) is -2.16. The molecule has 2 rings (SSSR count). The molecule has 0 aromatic heterocycles. The minimum atomic E-state index is -2.16. The molecule has 1 aromatic rings. The van der Waals surface area contributed by atoms with Crippen molar-refractivity contribution < 1.29 is 23.5 Å². The maximum atomic E-state index is 14.1. The van der Waals surface area contributed by atoms with Crippen molar-refractivity contribution in [3.05, 3.63) is 34.1 Å². The number of rotatable bonds is 7. The predicted octanol–water partition coefficient (Wildman–Crippen LogP) is 5.49. The monoisotopic (exact) mass is 498 g/mol. The van der Waals surface area contributed by atoms with E-state index in [0.717, 1.165) is 0 Å². The molecular weight excluding hydrogens is 471 g/mol. The van der Waals surface area contributed by atoms with Crippen molar-refractivity contribution in [2.45, 2.75) is 70.3 Å². The number of halogens is 2. The van der Waals surface area contributed by atoms with Gasteiger partial charge in [-0.15, -0.1) is 0 Å². The number of nitrogens with zero attached hydrogens (tertiary/aromatic N) is 1. The van der Waals surface area contributed by atoms with Gasteiger partial charge in [0.2, 0.25) is 0 Å². The van der Waals surface area contributed by atoms with Crippen molar-refractivity contribution in [2.24, 2.45) is 5.41 Å². The van der Waals surface area contributed by atoms with E-state index in [-0.39, 0.29) is 21.9 Å². The first-order valence-electron chi connectivity index (χ1n) is 9.93. The van der Waals surface area contributed by atoms with E-state index < -0.39 is 31.2 Å². The number of carbonyl (C=O) groups is 2. The molecule has 0 radical (unpaired) electrons. The summed E-state index contributed by atoms with van der Waals surface area (Å²) in [5, 5.41) is 21.2. The highest BCUT2D eigenvalue weighted by molar-refractivity contribution is 9.10. The van der Waals surface area contributed by atoms with E-state index in [9.17, 15) is 19.2 Å². The van der Waals surface area contributed by atoms with E-state index in [1.165, 1.54) is 12.1 Å². The molecular formula is C21H28BrFN2O4Si. The molecule has 0 heterocycles. The summed E-state index contributed by atoms with van der Waals surface area (Å²) in [6, 6.07) is 6.33. The van der Waals surface area contributed by atoms with Crippen molar-refractivity contribution in [1.29, 1.82) is 5.26 Å². The number of carbonyl (C=O) groups excluding carboxylic acids is 1. The molecule has 1 atom stereocenters. The molecule has 1 aliphatic rings. The molecule has 1 amide bonds. The van der Waals surface area contributed by atoms with Crippen LogP contribution in [0.15, 0.2) is 22.7 Å². The second-order valence-electron chi connectivity index (χ2n) is 9.09. The third kappa shape index (κ3) is 5.68. The zero-order valence-electron chi connectivity index (χ0n) is 17.7. The fourth-order valence-corrected chi connectivity index (χ4v) is 6.14. The van der Waals surface area contributed by atoms with Crippen LogP contribution in [0.5, 0.6) is 0 Å². The fourth-order valence-electron chi connectivity index (χ4n) is 4.23. The fraction of sp³-hybridized carbons (Fsp3) is 0.571. The number of hydrogen-bond donors (Lipinski definition) is 2. The van der Waals surface area contributed by atoms with E-state index >= 15 is 0 Å². The van der Waals surface area contributed by atoms with Gasteiger partial charge in [-0.2, -0.15) is 5.26 Å². The van der Waals surface area contributed by atoms with Crippen LogP contribution in [0.25, 0.3) is 0 Å². The van der Waals surface area contributed by atoms with Gasteiger partial charge in [-0.1, -0.05) is 6.07 Å². The molecule has 30 heavy (non-hydrogen) atoms. The van der Waals surface area contributed by atoms with Gasteiger partial charge in [-0.05, 0) is 86.7 Å². The van der Waals surface area contributed by atoms with Crippen LogP contribution in [0.3, 0.4) is 0 Å². The minimum absolute atomic E-state index is 0.116. The van der Waals surface area contributed by atoms with Gasteiger partial charge in [0.15, 0.2) is 14.1 Å². The number of carboxylic acid groups (broad SMARTS) is 1. The molecule has 2 N–H and O–H groups in total. The Morgan fingerprint density at radius 3 is 2.43 bits per heavy atom. The Labute approximate surface area is 186 Å². The first kappa shape index (κ1) is 24.5. The van der Waals surface area contributed by atoms with Crippen LogP contribution in [0, 0.1) is 22.6 Å². The van der Waals surface area contributed by atoms with E-state index in [4.69, 9.17) is 9.53 Å². The number of benzene rings is 1. The lowest BCUT2D eigenvalue weighted by molar-refractivity contribution is 0.00238. The number of hydrogen-bond acceptors (Lipinski definition) is 4. The standard InChI is InChI=1S/C21H28BrFN2O4Si/c1-14(25-19(27)28)12-20(13-24)8-10-21(11-9-20,29-30(2,3)4)18(26)15-6-5-7-16(23)17(15)22/h5-7,14,25H,8-12H2,1-4H3,(H,27,28)/t14-,20?,21?/m0/s1. The Bertz CT molecular complexity index is 858. The Morgan fingerprint density at radius 1 is 1.33 bits per heavy atom. The van der Waals surface area contributed by atoms with Crippen LogP contribution in [0.1, 0.15) is 49.4 Å². The minimum Gasteiger partial charge on any atom is -0.465 e. The summed E-state index contributed by atoms with van der Waals surface area (Å²) in [5.74, 6) is -0.792. The van der Waals surface area contributed by atoms with Gasteiger partial charge in [0.05, 0.1) is 16.0 Å². The van der Waals surface area contributed by atoms with Crippen LogP contribution in [0.2, 0.25) is 19.6 Å². The highest BCUT2D eigenvalue weighted by Gasteiger charge is 2.50. The van der Waals surface area contributed by atoms with Crippen molar-refractivity contribution in [2.75, 3.05) is 0 Å². The van der Waals surface area contributed by atoms with Gasteiger partial charge in [-0.25, -0.2) is 9.18 Å². The second-order valence-corrected chi connectivity index (χ2v) is 14.3. The van der Waals surface area contributed by atoms with Crippen molar-refractivity contribution in [3.8, 4) is 6.07 Å². The van der Waals surface area contributed by atoms with Gasteiger partial charge in [-0.3, -0.25) is 4.79 Å². The highest BCUT2D eigenvalue weighted by Crippen LogP contribution is 2.47. The van der Waals surface area contributed by atoms with E-state index in [2.05, 4.69) is 27.3 Å². The molecule has 0 spiro atoms. The molecule has 164 valence electrons. The summed E-state index contributed by atoms with van der Waals surface area (Å²) in [5.41, 5.74) is -1.63. The summed E-state index contributed by atoms with van der Waals surface area (Å²) >= 11 is 3.19. The molecule has 1 aromatic carbocycles. The second kappa shape index (κ2) is 9.16. The van der Waals surface area contributed by atoms with Crippen molar-refractivity contribution >= 4 is 36.1 Å². The predicted molar refractivity (Wildman–Crippen MR) is 117 cm³/mol. The van der Waals surface area contributed by atoms with Crippen LogP contribution in [0.4, 0.5) is 9.18 Å². The maximum Gasteiger partial charge on any atom is 0.404 e. The van der Waals surface area contributed by atoms with Crippen LogP contribution < -0.4 is 5.32 Å². The van der Waals surface area contributed by atoms with Crippen LogP contribution in [-0.4, -0.2) is 36.9 Å². The third-order valence-electron chi connectivity index (χ3n) is 5.43. The largest absolute Gasteiger partial charge is 0.465 e. The topological polar surface area (TPSA) is 99.4 Å². The highest BCUT2D eigenvalue weighted by atomic mass is 79.9. The first-order chi connectivity index (χ1) is 13.8. The Hall–Kier alpha value is -1.76. The molecule has 1 saturated carbocycles.